The lowest BCUT2D eigenvalue weighted by Crippen LogP contribution is -2.43. The SMILES string of the molecule is Cc1ccccc1CN(C)CC1CCN(C(=O)OC(C)(C)C)CC1. The second kappa shape index (κ2) is 8.02. The molecule has 1 heterocycles. The van der Waals surface area contributed by atoms with Crippen molar-refractivity contribution in [3.63, 3.8) is 0 Å². The normalized spacial score (nSPS) is 16.5. The van der Waals surface area contributed by atoms with Crippen LogP contribution in [0.3, 0.4) is 0 Å². The molecule has 0 radical (unpaired) electrons. The second-order valence-electron chi connectivity index (χ2n) is 8.03. The summed E-state index contributed by atoms with van der Waals surface area (Å²) in [7, 11) is 2.19. The molecule has 1 amide bonds. The molecule has 0 aliphatic carbocycles. The first-order chi connectivity index (χ1) is 11.2. The van der Waals surface area contributed by atoms with E-state index in [1.807, 2.05) is 25.7 Å². The number of ether oxygens (including phenoxy) is 1. The molecule has 2 rings (SSSR count). The Balaban J connectivity index is 1.76. The van der Waals surface area contributed by atoms with Crippen LogP contribution < -0.4 is 0 Å². The number of nitrogens with zero attached hydrogens (tertiary/aromatic N) is 2. The lowest BCUT2D eigenvalue weighted by atomic mass is 9.96. The maximum absolute atomic E-state index is 12.1. The first-order valence-corrected chi connectivity index (χ1v) is 8.95. The zero-order valence-corrected chi connectivity index (χ0v) is 15.8. The van der Waals surface area contributed by atoms with E-state index >= 15 is 0 Å². The Morgan fingerprint density at radius 1 is 1.25 bits per heavy atom. The van der Waals surface area contributed by atoms with E-state index in [2.05, 4.69) is 43.1 Å². The van der Waals surface area contributed by atoms with E-state index in [0.29, 0.717) is 5.92 Å². The molecule has 0 aromatic heterocycles. The van der Waals surface area contributed by atoms with Crippen LogP contribution in [0, 0.1) is 12.8 Å². The number of carbonyl (C=O) groups is 1. The molecule has 1 aliphatic heterocycles. The van der Waals surface area contributed by atoms with Crippen LogP contribution in [-0.4, -0.2) is 48.2 Å². The van der Waals surface area contributed by atoms with Crippen molar-refractivity contribution in [3.8, 4) is 0 Å². The van der Waals surface area contributed by atoms with E-state index < -0.39 is 5.60 Å². The van der Waals surface area contributed by atoms with E-state index in [9.17, 15) is 4.79 Å². The third-order valence-electron chi connectivity index (χ3n) is 4.54. The van der Waals surface area contributed by atoms with Crippen molar-refractivity contribution in [3.05, 3.63) is 35.4 Å². The van der Waals surface area contributed by atoms with Gasteiger partial charge in [0.15, 0.2) is 0 Å². The van der Waals surface area contributed by atoms with Gasteiger partial charge in [0.2, 0.25) is 0 Å². The Hall–Kier alpha value is -1.55. The highest BCUT2D eigenvalue weighted by Crippen LogP contribution is 2.21. The summed E-state index contributed by atoms with van der Waals surface area (Å²) in [5.41, 5.74) is 2.33. The molecule has 0 N–H and O–H groups in total. The van der Waals surface area contributed by atoms with Crippen LogP contribution in [0.5, 0.6) is 0 Å². The van der Waals surface area contributed by atoms with Gasteiger partial charge in [0.05, 0.1) is 0 Å². The average Bonchev–Trinajstić information content (AvgIpc) is 2.48. The number of likely N-dealkylation sites (tertiary alicyclic amines) is 1. The average molecular weight is 332 g/mol. The molecule has 4 nitrogen and oxygen atoms in total. The first kappa shape index (κ1) is 18.8. The molecule has 0 atom stereocenters. The molecule has 134 valence electrons. The van der Waals surface area contributed by atoms with Crippen LogP contribution in [-0.2, 0) is 11.3 Å². The van der Waals surface area contributed by atoms with Crippen LogP contribution in [0.1, 0.15) is 44.7 Å². The van der Waals surface area contributed by atoms with E-state index in [0.717, 1.165) is 39.0 Å². The van der Waals surface area contributed by atoms with Crippen molar-refractivity contribution in [2.45, 2.75) is 52.7 Å². The summed E-state index contributed by atoms with van der Waals surface area (Å²) in [5.74, 6) is 0.651. The number of aryl methyl sites for hydroxylation is 1. The number of piperidine rings is 1. The standard InChI is InChI=1S/C20H32N2O2/c1-16-8-6-7-9-18(16)15-21(5)14-17-10-12-22(13-11-17)19(23)24-20(2,3)4/h6-9,17H,10-15H2,1-5H3. The third kappa shape index (κ3) is 5.82. The van der Waals surface area contributed by atoms with Crippen LogP contribution >= 0.6 is 0 Å². The Labute approximate surface area is 146 Å². The van der Waals surface area contributed by atoms with Crippen molar-refractivity contribution < 1.29 is 9.53 Å². The van der Waals surface area contributed by atoms with Crippen molar-refractivity contribution in [1.29, 1.82) is 0 Å². The topological polar surface area (TPSA) is 32.8 Å². The second-order valence-corrected chi connectivity index (χ2v) is 8.03. The minimum absolute atomic E-state index is 0.172. The predicted molar refractivity (Wildman–Crippen MR) is 98.0 cm³/mol. The van der Waals surface area contributed by atoms with Gasteiger partial charge in [-0.05, 0) is 64.6 Å². The van der Waals surface area contributed by atoms with Crippen molar-refractivity contribution in [2.24, 2.45) is 5.92 Å². The quantitative estimate of drug-likeness (QED) is 0.833. The summed E-state index contributed by atoms with van der Waals surface area (Å²) in [4.78, 5) is 16.4. The highest BCUT2D eigenvalue weighted by molar-refractivity contribution is 5.68. The Bertz CT molecular complexity index is 543. The van der Waals surface area contributed by atoms with Gasteiger partial charge >= 0.3 is 6.09 Å². The van der Waals surface area contributed by atoms with Gasteiger partial charge in [0, 0.05) is 26.2 Å². The number of benzene rings is 1. The highest BCUT2D eigenvalue weighted by Gasteiger charge is 2.27. The molecule has 1 aliphatic rings. The van der Waals surface area contributed by atoms with E-state index in [1.54, 1.807) is 0 Å². The molecule has 0 spiro atoms. The summed E-state index contributed by atoms with van der Waals surface area (Å²) < 4.78 is 5.46. The van der Waals surface area contributed by atoms with Gasteiger partial charge in [0.25, 0.3) is 0 Å². The Morgan fingerprint density at radius 2 is 1.88 bits per heavy atom. The number of carbonyl (C=O) groups excluding carboxylic acids is 1. The number of hydrogen-bond donors (Lipinski definition) is 0. The van der Waals surface area contributed by atoms with E-state index in [4.69, 9.17) is 4.74 Å². The summed E-state index contributed by atoms with van der Waals surface area (Å²) in [6.45, 7) is 11.6. The maximum atomic E-state index is 12.1. The van der Waals surface area contributed by atoms with Crippen molar-refractivity contribution in [1.82, 2.24) is 9.80 Å². The fourth-order valence-corrected chi connectivity index (χ4v) is 3.21. The number of rotatable bonds is 4. The zero-order valence-electron chi connectivity index (χ0n) is 15.8. The van der Waals surface area contributed by atoms with Gasteiger partial charge < -0.3 is 14.5 Å². The number of amides is 1. The van der Waals surface area contributed by atoms with Gasteiger partial charge in [0.1, 0.15) is 5.60 Å². The molecular weight excluding hydrogens is 300 g/mol. The van der Waals surface area contributed by atoms with Gasteiger partial charge in [-0.2, -0.15) is 0 Å². The van der Waals surface area contributed by atoms with Crippen LogP contribution in [0.25, 0.3) is 0 Å². The molecule has 0 saturated carbocycles. The summed E-state index contributed by atoms with van der Waals surface area (Å²) in [6, 6.07) is 8.57. The first-order valence-electron chi connectivity index (χ1n) is 8.95. The maximum Gasteiger partial charge on any atom is 0.410 e. The third-order valence-corrected chi connectivity index (χ3v) is 4.54. The number of hydrogen-bond acceptors (Lipinski definition) is 3. The lowest BCUT2D eigenvalue weighted by Gasteiger charge is -2.35. The van der Waals surface area contributed by atoms with Gasteiger partial charge in [-0.15, -0.1) is 0 Å². The highest BCUT2D eigenvalue weighted by atomic mass is 16.6. The summed E-state index contributed by atoms with van der Waals surface area (Å²) >= 11 is 0. The molecule has 1 aromatic carbocycles. The molecule has 1 saturated heterocycles. The minimum atomic E-state index is -0.415. The van der Waals surface area contributed by atoms with Gasteiger partial charge in [-0.1, -0.05) is 24.3 Å². The minimum Gasteiger partial charge on any atom is -0.444 e. The largest absolute Gasteiger partial charge is 0.444 e. The molecule has 1 fully saturated rings. The van der Waals surface area contributed by atoms with Crippen LogP contribution in [0.15, 0.2) is 24.3 Å². The smallest absolute Gasteiger partial charge is 0.410 e. The molecule has 0 bridgehead atoms. The fraction of sp³-hybridized carbons (Fsp3) is 0.650. The summed E-state index contributed by atoms with van der Waals surface area (Å²) in [5, 5.41) is 0. The molecular formula is C20H32N2O2. The predicted octanol–water partition coefficient (Wildman–Crippen LogP) is 4.07. The van der Waals surface area contributed by atoms with Gasteiger partial charge in [-0.3, -0.25) is 0 Å². The Kier molecular flexibility index (Phi) is 6.27. The monoisotopic (exact) mass is 332 g/mol. The van der Waals surface area contributed by atoms with Crippen molar-refractivity contribution in [2.75, 3.05) is 26.7 Å². The molecule has 1 aromatic rings. The lowest BCUT2D eigenvalue weighted by molar-refractivity contribution is 0.0172. The van der Waals surface area contributed by atoms with E-state index in [-0.39, 0.29) is 6.09 Å². The van der Waals surface area contributed by atoms with Crippen LogP contribution in [0.4, 0.5) is 4.79 Å². The Morgan fingerprint density at radius 3 is 2.46 bits per heavy atom. The van der Waals surface area contributed by atoms with Crippen LogP contribution in [0.2, 0.25) is 0 Å². The van der Waals surface area contributed by atoms with E-state index in [1.165, 1.54) is 11.1 Å². The van der Waals surface area contributed by atoms with Crippen molar-refractivity contribution >= 4 is 6.09 Å². The van der Waals surface area contributed by atoms with Gasteiger partial charge in [-0.25, -0.2) is 4.79 Å². The zero-order chi connectivity index (χ0) is 17.7. The molecule has 4 heteroatoms. The fourth-order valence-electron chi connectivity index (χ4n) is 3.21. The molecule has 0 unspecified atom stereocenters. The summed E-state index contributed by atoms with van der Waals surface area (Å²) in [6.07, 6.45) is 1.93. The molecule has 24 heavy (non-hydrogen) atoms.